The Balaban J connectivity index is 2.26. The molecule has 0 aliphatic carbocycles. The van der Waals surface area contributed by atoms with Gasteiger partial charge in [-0.3, -0.25) is 0 Å². The zero-order chi connectivity index (χ0) is 12.4. The molecule has 0 spiro atoms. The van der Waals surface area contributed by atoms with E-state index in [4.69, 9.17) is 10.5 Å². The molecule has 0 amide bonds. The lowest BCUT2D eigenvalue weighted by atomic mass is 10.2. The number of nitrogens with zero attached hydrogens (tertiary/aromatic N) is 4. The van der Waals surface area contributed by atoms with E-state index in [1.807, 2.05) is 4.52 Å². The number of methoxy groups -OCH3 is 1. The average Bonchev–Trinajstić information content (AvgIpc) is 2.84. The molecule has 2 heterocycles. The Morgan fingerprint density at radius 2 is 2.18 bits per heavy atom. The van der Waals surface area contributed by atoms with Crippen molar-refractivity contribution >= 4 is 16.3 Å². The second-order valence-corrected chi connectivity index (χ2v) is 5.24. The van der Waals surface area contributed by atoms with Gasteiger partial charge in [0, 0.05) is 26.0 Å². The van der Waals surface area contributed by atoms with E-state index in [9.17, 15) is 0 Å². The lowest BCUT2D eigenvalue weighted by molar-refractivity contribution is 0.110. The van der Waals surface area contributed by atoms with Crippen LogP contribution in [0.15, 0.2) is 0 Å². The fraction of sp³-hybridized carbons (Fsp3) is 0.700. The molecule has 1 atom stereocenters. The summed E-state index contributed by atoms with van der Waals surface area (Å²) in [4.78, 5) is 0.829. The molecule has 2 N–H and O–H groups in total. The molecule has 0 radical (unpaired) electrons. The summed E-state index contributed by atoms with van der Waals surface area (Å²) in [6.45, 7) is 4.65. The number of hydrogen-bond acceptors (Lipinski definition) is 6. The SMILES string of the molecule is COC(CN)Cc1nn2c(C(C)C)nnc2s1. The number of ether oxygens (including phenoxy) is 1. The normalized spacial score (nSPS) is 13.7. The van der Waals surface area contributed by atoms with Crippen LogP contribution in [-0.4, -0.2) is 39.6 Å². The van der Waals surface area contributed by atoms with Gasteiger partial charge in [-0.2, -0.15) is 9.61 Å². The smallest absolute Gasteiger partial charge is 0.234 e. The van der Waals surface area contributed by atoms with Crippen LogP contribution in [0.25, 0.3) is 4.96 Å². The van der Waals surface area contributed by atoms with Crippen molar-refractivity contribution in [1.29, 1.82) is 0 Å². The molecule has 2 rings (SSSR count). The van der Waals surface area contributed by atoms with Gasteiger partial charge in [-0.15, -0.1) is 10.2 Å². The molecule has 17 heavy (non-hydrogen) atoms. The van der Waals surface area contributed by atoms with Gasteiger partial charge in [-0.25, -0.2) is 0 Å². The number of aromatic nitrogens is 4. The van der Waals surface area contributed by atoms with Crippen molar-refractivity contribution in [2.75, 3.05) is 13.7 Å². The van der Waals surface area contributed by atoms with E-state index in [-0.39, 0.29) is 6.10 Å². The first-order valence-corrected chi connectivity index (χ1v) is 6.41. The van der Waals surface area contributed by atoms with Gasteiger partial charge in [-0.1, -0.05) is 25.2 Å². The number of nitrogens with two attached hydrogens (primary N) is 1. The molecule has 0 saturated heterocycles. The topological polar surface area (TPSA) is 78.3 Å². The van der Waals surface area contributed by atoms with E-state index in [0.717, 1.165) is 22.2 Å². The van der Waals surface area contributed by atoms with Gasteiger partial charge in [-0.05, 0) is 0 Å². The van der Waals surface area contributed by atoms with Crippen molar-refractivity contribution in [2.45, 2.75) is 32.3 Å². The third-order valence-corrected chi connectivity index (χ3v) is 3.49. The molecule has 0 bridgehead atoms. The summed E-state index contributed by atoms with van der Waals surface area (Å²) in [6, 6.07) is 0. The van der Waals surface area contributed by atoms with Crippen LogP contribution in [0.3, 0.4) is 0 Å². The van der Waals surface area contributed by atoms with E-state index in [0.29, 0.717) is 12.5 Å². The minimum absolute atomic E-state index is 0.0151. The number of hydrogen-bond donors (Lipinski definition) is 1. The molecular formula is C10H17N5OS. The average molecular weight is 255 g/mol. The summed E-state index contributed by atoms with van der Waals surface area (Å²) >= 11 is 1.54. The second kappa shape index (κ2) is 5.07. The molecule has 2 aromatic heterocycles. The molecule has 94 valence electrons. The first-order chi connectivity index (χ1) is 8.15. The van der Waals surface area contributed by atoms with Crippen LogP contribution in [0.2, 0.25) is 0 Å². The molecular weight excluding hydrogens is 238 g/mol. The first kappa shape index (κ1) is 12.4. The molecule has 2 aromatic rings. The standard InChI is InChI=1S/C10H17N5OS/c1-6(2)9-12-13-10-15(9)14-8(17-10)4-7(5-11)16-3/h6-7H,4-5,11H2,1-3H3. The Labute approximate surface area is 104 Å². The Bertz CT molecular complexity index is 488. The largest absolute Gasteiger partial charge is 0.380 e. The summed E-state index contributed by atoms with van der Waals surface area (Å²) in [5.41, 5.74) is 5.60. The first-order valence-electron chi connectivity index (χ1n) is 5.59. The molecule has 0 aliphatic heterocycles. The maximum absolute atomic E-state index is 5.60. The Morgan fingerprint density at radius 1 is 1.41 bits per heavy atom. The van der Waals surface area contributed by atoms with Gasteiger partial charge < -0.3 is 10.5 Å². The molecule has 0 aromatic carbocycles. The van der Waals surface area contributed by atoms with Gasteiger partial charge in [0.25, 0.3) is 0 Å². The van der Waals surface area contributed by atoms with Crippen LogP contribution in [0, 0.1) is 0 Å². The third kappa shape index (κ3) is 2.46. The van der Waals surface area contributed by atoms with Crippen molar-refractivity contribution in [3.63, 3.8) is 0 Å². The molecule has 1 unspecified atom stereocenters. The van der Waals surface area contributed by atoms with Gasteiger partial charge in [0.1, 0.15) is 5.01 Å². The minimum Gasteiger partial charge on any atom is -0.380 e. The highest BCUT2D eigenvalue weighted by molar-refractivity contribution is 7.16. The minimum atomic E-state index is 0.0151. The van der Waals surface area contributed by atoms with Crippen molar-refractivity contribution in [2.24, 2.45) is 5.73 Å². The van der Waals surface area contributed by atoms with Crippen LogP contribution in [0.5, 0.6) is 0 Å². The zero-order valence-corrected chi connectivity index (χ0v) is 11.1. The van der Waals surface area contributed by atoms with Gasteiger partial charge >= 0.3 is 0 Å². The van der Waals surface area contributed by atoms with Crippen LogP contribution >= 0.6 is 11.3 Å². The maximum Gasteiger partial charge on any atom is 0.234 e. The van der Waals surface area contributed by atoms with Gasteiger partial charge in [0.2, 0.25) is 4.96 Å². The maximum atomic E-state index is 5.60. The van der Waals surface area contributed by atoms with Crippen molar-refractivity contribution < 1.29 is 4.74 Å². The van der Waals surface area contributed by atoms with Crippen molar-refractivity contribution in [1.82, 2.24) is 19.8 Å². The summed E-state index contributed by atoms with van der Waals surface area (Å²) in [6.07, 6.45) is 0.736. The van der Waals surface area contributed by atoms with E-state index < -0.39 is 0 Å². The zero-order valence-electron chi connectivity index (χ0n) is 10.3. The summed E-state index contributed by atoms with van der Waals surface area (Å²) in [5.74, 6) is 1.21. The quantitative estimate of drug-likeness (QED) is 0.856. The fourth-order valence-corrected chi connectivity index (χ4v) is 2.48. The van der Waals surface area contributed by atoms with E-state index in [1.165, 1.54) is 11.3 Å². The van der Waals surface area contributed by atoms with Crippen LogP contribution in [0.1, 0.15) is 30.6 Å². The molecule has 0 aliphatic rings. The van der Waals surface area contributed by atoms with Crippen molar-refractivity contribution in [3.05, 3.63) is 10.8 Å². The molecule has 0 fully saturated rings. The Hall–Kier alpha value is -1.05. The van der Waals surface area contributed by atoms with Crippen molar-refractivity contribution in [3.8, 4) is 0 Å². The monoisotopic (exact) mass is 255 g/mol. The summed E-state index contributed by atoms with van der Waals surface area (Å²) in [7, 11) is 1.66. The summed E-state index contributed by atoms with van der Waals surface area (Å²) in [5, 5.41) is 13.7. The lowest BCUT2D eigenvalue weighted by Crippen LogP contribution is -2.24. The highest BCUT2D eigenvalue weighted by atomic mass is 32.1. The van der Waals surface area contributed by atoms with E-state index in [1.54, 1.807) is 7.11 Å². The molecule has 0 saturated carbocycles. The fourth-order valence-electron chi connectivity index (χ4n) is 1.57. The number of rotatable bonds is 5. The van der Waals surface area contributed by atoms with Crippen LogP contribution in [0.4, 0.5) is 0 Å². The van der Waals surface area contributed by atoms with Gasteiger partial charge in [0.15, 0.2) is 5.82 Å². The van der Waals surface area contributed by atoms with E-state index >= 15 is 0 Å². The highest BCUT2D eigenvalue weighted by Crippen LogP contribution is 2.19. The van der Waals surface area contributed by atoms with Crippen LogP contribution < -0.4 is 5.73 Å². The predicted octanol–water partition coefficient (Wildman–Crippen LogP) is 0.825. The van der Waals surface area contributed by atoms with Gasteiger partial charge in [0.05, 0.1) is 6.10 Å². The molecule has 6 nitrogen and oxygen atoms in total. The third-order valence-electron chi connectivity index (χ3n) is 2.57. The molecule has 7 heteroatoms. The number of fused-ring (bicyclic) bond motifs is 1. The highest BCUT2D eigenvalue weighted by Gasteiger charge is 2.16. The Kier molecular flexibility index (Phi) is 3.70. The predicted molar refractivity (Wildman–Crippen MR) is 66.3 cm³/mol. The second-order valence-electron chi connectivity index (χ2n) is 4.20. The van der Waals surface area contributed by atoms with Crippen LogP contribution in [-0.2, 0) is 11.2 Å². The Morgan fingerprint density at radius 3 is 2.76 bits per heavy atom. The summed E-state index contributed by atoms with van der Waals surface area (Å²) < 4.78 is 7.06. The lowest BCUT2D eigenvalue weighted by Gasteiger charge is -2.09. The van der Waals surface area contributed by atoms with E-state index in [2.05, 4.69) is 29.1 Å².